The van der Waals surface area contributed by atoms with Crippen LogP contribution in [0.3, 0.4) is 0 Å². The molecular formula is C80H54BBrN4O3S. The van der Waals surface area contributed by atoms with E-state index in [0.717, 1.165) is 105 Å². The van der Waals surface area contributed by atoms with Gasteiger partial charge < -0.3 is 14.5 Å². The van der Waals surface area contributed by atoms with Crippen molar-refractivity contribution in [1.29, 1.82) is 0 Å². The monoisotopic (exact) mass is 1240 g/mol. The van der Waals surface area contributed by atoms with E-state index in [1.54, 1.807) is 17.4 Å². The molecular weight excluding hydrogens is 1190 g/mol. The van der Waals surface area contributed by atoms with Crippen molar-refractivity contribution in [2.24, 2.45) is 0 Å². The number of rotatable bonds is 10. The molecule has 10 heteroatoms. The molecule has 0 unspecified atom stereocenters. The Morgan fingerprint density at radius 3 is 1.11 bits per heavy atom. The quantitative estimate of drug-likeness (QED) is 0.131. The minimum absolute atomic E-state index is 0.538. The smallest absolute Gasteiger partial charge is 0.456 e. The van der Waals surface area contributed by atoms with E-state index in [-0.39, 0.29) is 0 Å². The first-order valence-corrected chi connectivity index (χ1v) is 31.2. The summed E-state index contributed by atoms with van der Waals surface area (Å²) in [5.41, 5.74) is 19.3. The van der Waals surface area contributed by atoms with E-state index in [0.29, 0.717) is 5.46 Å². The van der Waals surface area contributed by atoms with Crippen LogP contribution in [0.4, 0.5) is 0 Å². The molecule has 0 saturated heterocycles. The van der Waals surface area contributed by atoms with Crippen molar-refractivity contribution in [1.82, 2.24) is 19.9 Å². The first-order chi connectivity index (χ1) is 44.3. The van der Waals surface area contributed by atoms with Gasteiger partial charge in [0.2, 0.25) is 0 Å². The Morgan fingerprint density at radius 1 is 0.278 bits per heavy atom. The maximum Gasteiger partial charge on any atom is 0.488 e. The number of para-hydroxylation sites is 1. The van der Waals surface area contributed by atoms with Gasteiger partial charge in [-0.1, -0.05) is 277 Å². The van der Waals surface area contributed by atoms with Crippen molar-refractivity contribution >= 4 is 82.0 Å². The van der Waals surface area contributed by atoms with E-state index >= 15 is 0 Å². The molecule has 12 aromatic carbocycles. The molecule has 7 nitrogen and oxygen atoms in total. The highest BCUT2D eigenvalue weighted by Crippen LogP contribution is 2.37. The second-order valence-corrected chi connectivity index (χ2v) is 23.7. The Bertz CT molecular complexity index is 5010. The molecule has 0 fully saturated rings. The predicted molar refractivity (Wildman–Crippen MR) is 377 cm³/mol. The van der Waals surface area contributed by atoms with Crippen molar-refractivity contribution < 1.29 is 14.5 Å². The van der Waals surface area contributed by atoms with E-state index in [1.807, 2.05) is 121 Å². The molecule has 90 heavy (non-hydrogen) atoms. The molecule has 0 amide bonds. The van der Waals surface area contributed by atoms with Crippen molar-refractivity contribution in [3.8, 4) is 101 Å². The molecule has 4 aromatic heterocycles. The first kappa shape index (κ1) is 57.1. The second-order valence-electron chi connectivity index (χ2n) is 21.7. The molecule has 0 radical (unpaired) electrons. The zero-order chi connectivity index (χ0) is 60.8. The van der Waals surface area contributed by atoms with Crippen LogP contribution in [0.15, 0.2) is 324 Å². The number of nitrogens with zero attached hydrogens (tertiary/aromatic N) is 4. The highest BCUT2D eigenvalue weighted by atomic mass is 79.9. The van der Waals surface area contributed by atoms with Crippen LogP contribution in [0.1, 0.15) is 0 Å². The fourth-order valence-electron chi connectivity index (χ4n) is 11.1. The Morgan fingerprint density at radius 2 is 0.633 bits per heavy atom. The van der Waals surface area contributed by atoms with Gasteiger partial charge in [0.05, 0.1) is 22.8 Å². The first-order valence-electron chi connectivity index (χ1n) is 29.6. The molecule has 428 valence electrons. The molecule has 0 aliphatic heterocycles. The summed E-state index contributed by atoms with van der Waals surface area (Å²) in [6, 6.07) is 108. The molecule has 4 heterocycles. The van der Waals surface area contributed by atoms with Gasteiger partial charge in [0.1, 0.15) is 11.2 Å². The lowest BCUT2D eigenvalue weighted by molar-refractivity contribution is 0.426. The van der Waals surface area contributed by atoms with Gasteiger partial charge in [0.25, 0.3) is 0 Å². The Balaban J connectivity index is 0.000000130. The van der Waals surface area contributed by atoms with E-state index in [1.165, 1.54) is 42.6 Å². The molecule has 16 rings (SSSR count). The van der Waals surface area contributed by atoms with Gasteiger partial charge in [-0.25, -0.2) is 19.9 Å². The van der Waals surface area contributed by atoms with Gasteiger partial charge in [0.15, 0.2) is 11.6 Å². The van der Waals surface area contributed by atoms with Crippen LogP contribution in [-0.2, 0) is 0 Å². The van der Waals surface area contributed by atoms with Crippen LogP contribution in [0, 0.1) is 0 Å². The molecule has 0 bridgehead atoms. The SMILES string of the molecule is Brc1ccc(-c2ccc(-c3cc(-c4ccccc4)nc(-c4ccccc4)n3)cc2)cc1.OB(O)c1ccc2sc3ccccc3c2c1.c1ccc(-c2cc(-c3ccc(-c4ccc(-c5ccc6oc7ccccc7c6c5)cc4)cc3)nc(-c3ccccc3)n2)cc1. The summed E-state index contributed by atoms with van der Waals surface area (Å²) < 4.78 is 9.49. The van der Waals surface area contributed by atoms with E-state index in [2.05, 4.69) is 204 Å². The van der Waals surface area contributed by atoms with Gasteiger partial charge in [-0.15, -0.1) is 11.3 Å². The van der Waals surface area contributed by atoms with Gasteiger partial charge in [-0.2, -0.15) is 0 Å². The Hall–Kier alpha value is -10.7. The van der Waals surface area contributed by atoms with Crippen LogP contribution in [-0.4, -0.2) is 37.1 Å². The third-order valence-corrected chi connectivity index (χ3v) is 17.5. The molecule has 0 atom stereocenters. The van der Waals surface area contributed by atoms with Gasteiger partial charge in [0, 0.05) is 63.4 Å². The number of thiophene rings is 1. The maximum absolute atomic E-state index is 9.15. The normalized spacial score (nSPS) is 11.1. The summed E-state index contributed by atoms with van der Waals surface area (Å²) >= 11 is 5.22. The lowest BCUT2D eigenvalue weighted by atomic mass is 9.80. The third-order valence-electron chi connectivity index (χ3n) is 15.8. The number of fused-ring (bicyclic) bond motifs is 6. The summed E-state index contributed by atoms with van der Waals surface area (Å²) in [4.78, 5) is 19.6. The summed E-state index contributed by atoms with van der Waals surface area (Å²) in [5.74, 6) is 1.45. The molecule has 0 spiro atoms. The lowest BCUT2D eigenvalue weighted by Crippen LogP contribution is -2.29. The summed E-state index contributed by atoms with van der Waals surface area (Å²) in [5, 5.41) is 22.9. The summed E-state index contributed by atoms with van der Waals surface area (Å²) in [6.07, 6.45) is 0. The molecule has 0 saturated carbocycles. The number of benzene rings is 12. The van der Waals surface area contributed by atoms with Gasteiger partial charge in [-0.05, 0) is 98.8 Å². The van der Waals surface area contributed by atoms with Crippen LogP contribution >= 0.6 is 27.3 Å². The Kier molecular flexibility index (Phi) is 16.4. The fourth-order valence-corrected chi connectivity index (χ4v) is 12.5. The summed E-state index contributed by atoms with van der Waals surface area (Å²) in [7, 11) is -1.40. The summed E-state index contributed by atoms with van der Waals surface area (Å²) in [6.45, 7) is 0. The fraction of sp³-hybridized carbons (Fsp3) is 0. The standard InChI is InChI=1S/C40H26N2O.C28H19BrN2.C12H9BO2S/c1-3-9-30(10-4-1)36-26-37(42-40(41-36)32-11-5-2-6-12-32)31-21-19-28(20-22-31)27-15-17-29(18-16-27)33-23-24-39-35(25-33)34-13-7-8-14-38(34)43-39;29-25-17-15-21(16-18-25)20-11-13-23(14-12-20)27-19-26(22-7-3-1-4-8-22)30-28(31-27)24-9-5-2-6-10-24;14-13(15)8-5-6-12-10(7-8)9-3-1-2-4-11(9)16-12/h1-26H;1-19H;1-7,14-15H. The largest absolute Gasteiger partial charge is 0.488 e. The highest BCUT2D eigenvalue weighted by Gasteiger charge is 2.16. The Labute approximate surface area is 533 Å². The highest BCUT2D eigenvalue weighted by molar-refractivity contribution is 9.10. The minimum atomic E-state index is -1.40. The number of halogens is 1. The zero-order valence-electron chi connectivity index (χ0n) is 48.5. The van der Waals surface area contributed by atoms with Crippen LogP contribution in [0.5, 0.6) is 0 Å². The van der Waals surface area contributed by atoms with Crippen molar-refractivity contribution in [2.75, 3.05) is 0 Å². The maximum atomic E-state index is 9.15. The number of hydrogen-bond acceptors (Lipinski definition) is 8. The number of hydrogen-bond donors (Lipinski definition) is 2. The van der Waals surface area contributed by atoms with E-state index < -0.39 is 7.12 Å². The topological polar surface area (TPSA) is 105 Å². The van der Waals surface area contributed by atoms with Crippen molar-refractivity contribution in [2.45, 2.75) is 0 Å². The molecule has 0 aliphatic rings. The average Bonchev–Trinajstić information content (AvgIpc) is 1.83. The van der Waals surface area contributed by atoms with Crippen LogP contribution in [0.2, 0.25) is 0 Å². The second kappa shape index (κ2) is 25.9. The molecule has 0 aliphatic carbocycles. The predicted octanol–water partition coefficient (Wildman–Crippen LogP) is 20.4. The van der Waals surface area contributed by atoms with Crippen molar-refractivity contribution in [3.05, 3.63) is 320 Å². The molecule has 2 N–H and O–H groups in total. The van der Waals surface area contributed by atoms with E-state index in [4.69, 9.17) is 34.4 Å². The van der Waals surface area contributed by atoms with Crippen molar-refractivity contribution in [3.63, 3.8) is 0 Å². The van der Waals surface area contributed by atoms with E-state index in [9.17, 15) is 0 Å². The van der Waals surface area contributed by atoms with Gasteiger partial charge >= 0.3 is 7.12 Å². The lowest BCUT2D eigenvalue weighted by Gasteiger charge is -2.10. The average molecular weight is 1240 g/mol. The number of aromatic nitrogens is 4. The number of furan rings is 1. The van der Waals surface area contributed by atoms with Crippen LogP contribution in [0.25, 0.3) is 143 Å². The third kappa shape index (κ3) is 12.6. The minimum Gasteiger partial charge on any atom is -0.456 e. The van der Waals surface area contributed by atoms with Gasteiger partial charge in [-0.3, -0.25) is 0 Å². The zero-order valence-corrected chi connectivity index (χ0v) is 50.9. The van der Waals surface area contributed by atoms with Crippen LogP contribution < -0.4 is 5.46 Å². The molecule has 16 aromatic rings.